The van der Waals surface area contributed by atoms with E-state index in [2.05, 4.69) is 17.1 Å². The summed E-state index contributed by atoms with van der Waals surface area (Å²) < 4.78 is 5.12. The second kappa shape index (κ2) is 3.81. The summed E-state index contributed by atoms with van der Waals surface area (Å²) in [4.78, 5) is 4.62. The van der Waals surface area contributed by atoms with Crippen LogP contribution in [0, 0.1) is 0 Å². The molecule has 0 amide bonds. The highest BCUT2D eigenvalue weighted by atomic mass is 16.5. The van der Waals surface area contributed by atoms with E-state index in [4.69, 9.17) is 4.74 Å². The maximum absolute atomic E-state index is 5.12. The molecule has 16 heavy (non-hydrogen) atoms. The fourth-order valence-corrected chi connectivity index (χ4v) is 1.80. The Morgan fingerprint density at radius 2 is 2.00 bits per heavy atom. The zero-order chi connectivity index (χ0) is 10.8. The van der Waals surface area contributed by atoms with Crippen LogP contribution in [0.3, 0.4) is 0 Å². The van der Waals surface area contributed by atoms with Crippen molar-refractivity contribution in [3.63, 3.8) is 0 Å². The van der Waals surface area contributed by atoms with Gasteiger partial charge in [-0.2, -0.15) is 0 Å². The van der Waals surface area contributed by atoms with Gasteiger partial charge in [0.2, 0.25) is 0 Å². The van der Waals surface area contributed by atoms with E-state index >= 15 is 0 Å². The normalized spacial score (nSPS) is 14.6. The minimum atomic E-state index is 0.625. The molecule has 0 aliphatic carbocycles. The Balaban J connectivity index is 2.11. The maximum Gasteiger partial charge on any atom is 0.106 e. The van der Waals surface area contributed by atoms with Crippen LogP contribution in [0.4, 0.5) is 0 Å². The number of para-hydroxylation sites is 1. The molecule has 0 bridgehead atoms. The second-order valence-electron chi connectivity index (χ2n) is 3.68. The van der Waals surface area contributed by atoms with Crippen LogP contribution in [0.15, 0.2) is 54.8 Å². The van der Waals surface area contributed by atoms with Gasteiger partial charge >= 0.3 is 0 Å². The quantitative estimate of drug-likeness (QED) is 0.719. The Morgan fingerprint density at radius 1 is 1.06 bits per heavy atom. The molecule has 0 N–H and O–H groups in total. The average Bonchev–Trinajstić information content (AvgIpc) is 2.39. The Bertz CT molecular complexity index is 584. The fourth-order valence-electron chi connectivity index (χ4n) is 1.80. The smallest absolute Gasteiger partial charge is 0.106 e. The maximum atomic E-state index is 5.12. The van der Waals surface area contributed by atoms with Gasteiger partial charge in [-0.15, -0.1) is 0 Å². The van der Waals surface area contributed by atoms with Crippen LogP contribution < -0.4 is 0 Å². The number of pyridine rings is 1. The van der Waals surface area contributed by atoms with Crippen LogP contribution in [0.2, 0.25) is 0 Å². The van der Waals surface area contributed by atoms with E-state index in [1.54, 1.807) is 6.26 Å². The van der Waals surface area contributed by atoms with Crippen molar-refractivity contribution >= 4 is 16.5 Å². The summed E-state index contributed by atoms with van der Waals surface area (Å²) in [5.41, 5.74) is 3.15. The first-order valence-corrected chi connectivity index (χ1v) is 5.28. The molecule has 2 heteroatoms. The molecule has 1 aromatic heterocycles. The third kappa shape index (κ3) is 1.58. The van der Waals surface area contributed by atoms with Gasteiger partial charge in [-0.1, -0.05) is 24.3 Å². The van der Waals surface area contributed by atoms with Crippen molar-refractivity contribution in [2.24, 2.45) is 0 Å². The van der Waals surface area contributed by atoms with Gasteiger partial charge in [0.25, 0.3) is 0 Å². The number of hydrogen-bond donors (Lipinski definition) is 0. The Kier molecular flexibility index (Phi) is 2.18. The highest BCUT2D eigenvalue weighted by Gasteiger charge is 2.03. The van der Waals surface area contributed by atoms with Crippen LogP contribution in [0.5, 0.6) is 0 Å². The van der Waals surface area contributed by atoms with E-state index in [1.165, 1.54) is 5.39 Å². The van der Waals surface area contributed by atoms with Crippen LogP contribution in [0.1, 0.15) is 5.69 Å². The van der Waals surface area contributed by atoms with Gasteiger partial charge in [0.15, 0.2) is 0 Å². The monoisotopic (exact) mass is 209 g/mol. The van der Waals surface area contributed by atoms with Gasteiger partial charge in [0.1, 0.15) is 6.61 Å². The lowest BCUT2D eigenvalue weighted by Gasteiger charge is -2.08. The first-order chi connectivity index (χ1) is 7.93. The number of ether oxygens (including phenoxy) is 1. The first kappa shape index (κ1) is 9.16. The number of hydrogen-bond acceptors (Lipinski definition) is 2. The van der Waals surface area contributed by atoms with Crippen molar-refractivity contribution in [2.75, 3.05) is 6.61 Å². The molecule has 1 aliphatic heterocycles. The number of fused-ring (bicyclic) bond motifs is 1. The van der Waals surface area contributed by atoms with E-state index < -0.39 is 0 Å². The molecule has 0 radical (unpaired) electrons. The van der Waals surface area contributed by atoms with Crippen molar-refractivity contribution in [1.82, 2.24) is 4.98 Å². The molecule has 2 aromatic rings. The average molecular weight is 209 g/mol. The minimum absolute atomic E-state index is 0.625. The standard InChI is InChI=1S/C14H11NO/c1-2-4-13-11(3-1)5-6-14(15-13)12-7-9-16-10-8-12/h1-9H,10H2. The lowest BCUT2D eigenvalue weighted by molar-refractivity contribution is 0.287. The predicted octanol–water partition coefficient (Wildman–Crippen LogP) is 3.16. The van der Waals surface area contributed by atoms with Gasteiger partial charge in [0.05, 0.1) is 17.5 Å². The molecule has 3 rings (SSSR count). The van der Waals surface area contributed by atoms with Gasteiger partial charge < -0.3 is 4.74 Å². The van der Waals surface area contributed by atoms with Crippen molar-refractivity contribution in [3.8, 4) is 0 Å². The van der Waals surface area contributed by atoms with Crippen molar-refractivity contribution < 1.29 is 4.74 Å². The highest BCUT2D eigenvalue weighted by Crippen LogP contribution is 2.19. The molecular formula is C14H11NO. The SMILES string of the molecule is C1=CC(c2ccc3ccccc3n2)=CCO1. The molecule has 0 atom stereocenters. The molecular weight excluding hydrogens is 198 g/mol. The Hall–Kier alpha value is -2.09. The largest absolute Gasteiger partial charge is 0.497 e. The molecule has 2 heterocycles. The first-order valence-electron chi connectivity index (χ1n) is 5.28. The van der Waals surface area contributed by atoms with E-state index in [-0.39, 0.29) is 0 Å². The Morgan fingerprint density at radius 3 is 2.88 bits per heavy atom. The Labute approximate surface area is 93.9 Å². The lowest BCUT2D eigenvalue weighted by atomic mass is 10.1. The molecule has 0 saturated heterocycles. The lowest BCUT2D eigenvalue weighted by Crippen LogP contribution is -1.94. The topological polar surface area (TPSA) is 22.1 Å². The van der Waals surface area contributed by atoms with Crippen LogP contribution in [-0.2, 0) is 4.74 Å². The van der Waals surface area contributed by atoms with Crippen molar-refractivity contribution in [2.45, 2.75) is 0 Å². The fraction of sp³-hybridized carbons (Fsp3) is 0.0714. The zero-order valence-electron chi connectivity index (χ0n) is 8.76. The summed E-state index contributed by atoms with van der Waals surface area (Å²) >= 11 is 0. The van der Waals surface area contributed by atoms with Gasteiger partial charge in [-0.3, -0.25) is 0 Å². The third-order valence-electron chi connectivity index (χ3n) is 2.64. The van der Waals surface area contributed by atoms with Crippen LogP contribution in [0.25, 0.3) is 16.5 Å². The van der Waals surface area contributed by atoms with Gasteiger partial charge in [-0.25, -0.2) is 4.98 Å². The molecule has 0 saturated carbocycles. The van der Waals surface area contributed by atoms with Crippen LogP contribution >= 0.6 is 0 Å². The highest BCUT2D eigenvalue weighted by molar-refractivity contribution is 5.82. The molecule has 0 spiro atoms. The number of rotatable bonds is 1. The minimum Gasteiger partial charge on any atom is -0.497 e. The predicted molar refractivity (Wildman–Crippen MR) is 64.8 cm³/mol. The van der Waals surface area contributed by atoms with Crippen LogP contribution in [-0.4, -0.2) is 11.6 Å². The molecule has 0 unspecified atom stereocenters. The summed E-state index contributed by atoms with van der Waals surface area (Å²) in [5, 5.41) is 1.17. The summed E-state index contributed by atoms with van der Waals surface area (Å²) in [6.07, 6.45) is 5.70. The molecule has 2 nitrogen and oxygen atoms in total. The number of allylic oxidation sites excluding steroid dienone is 2. The summed E-state index contributed by atoms with van der Waals surface area (Å²) in [6.45, 7) is 0.625. The van der Waals surface area contributed by atoms with Gasteiger partial charge in [-0.05, 0) is 24.3 Å². The number of aromatic nitrogens is 1. The second-order valence-corrected chi connectivity index (χ2v) is 3.68. The number of nitrogens with zero attached hydrogens (tertiary/aromatic N) is 1. The summed E-state index contributed by atoms with van der Waals surface area (Å²) in [5.74, 6) is 0. The van der Waals surface area contributed by atoms with Gasteiger partial charge in [0, 0.05) is 11.0 Å². The number of benzene rings is 1. The summed E-state index contributed by atoms with van der Waals surface area (Å²) in [7, 11) is 0. The van der Waals surface area contributed by atoms with Crippen molar-refractivity contribution in [3.05, 3.63) is 60.5 Å². The van der Waals surface area contributed by atoms with E-state index in [0.717, 1.165) is 16.8 Å². The zero-order valence-corrected chi connectivity index (χ0v) is 8.76. The van der Waals surface area contributed by atoms with Crippen molar-refractivity contribution in [1.29, 1.82) is 0 Å². The van der Waals surface area contributed by atoms with E-state index in [0.29, 0.717) is 6.61 Å². The van der Waals surface area contributed by atoms with E-state index in [9.17, 15) is 0 Å². The van der Waals surface area contributed by atoms with E-state index in [1.807, 2.05) is 36.4 Å². The summed E-state index contributed by atoms with van der Waals surface area (Å²) in [6, 6.07) is 12.3. The third-order valence-corrected chi connectivity index (χ3v) is 2.64. The molecule has 78 valence electrons. The molecule has 0 fully saturated rings. The molecule has 1 aliphatic rings. The molecule has 1 aromatic carbocycles.